The normalized spacial score (nSPS) is 26.1. The standard InChI is InChI=1S/C45H44O19/c1-17-36(53)38(55)39(56)45(60-17)64-43-35(33-27(51)13-22(47)14-29(33)61-41(43)18-4-7-21(46)8-5-18)34-28(52)16-25(49)23-15-32(40(63-42(23)34)19-6-9-24(48)26(50)10-19)62-44(57)20-11-30(58-2)37(54)31(12-20)59-3/h4-14,16-17,32,35-36,38-41,43,45-56H,15H2,1-3H3/t17-,32+,35-,36-,38+,39+,40+,41+,43-,45-/m0/s1. The summed E-state index contributed by atoms with van der Waals surface area (Å²) in [5.74, 6) is -6.80. The van der Waals surface area contributed by atoms with Crippen molar-refractivity contribution in [3.63, 3.8) is 0 Å². The van der Waals surface area contributed by atoms with Gasteiger partial charge in [-0.15, -0.1) is 0 Å². The zero-order valence-electron chi connectivity index (χ0n) is 34.1. The summed E-state index contributed by atoms with van der Waals surface area (Å²) in [5, 5.41) is 120. The summed E-state index contributed by atoms with van der Waals surface area (Å²) in [4.78, 5) is 13.9. The smallest absolute Gasteiger partial charge is 0.338 e. The van der Waals surface area contributed by atoms with Gasteiger partial charge in [0.1, 0.15) is 70.8 Å². The van der Waals surface area contributed by atoms with Crippen LogP contribution >= 0.6 is 0 Å². The first-order chi connectivity index (χ1) is 30.5. The Morgan fingerprint density at radius 3 is 1.95 bits per heavy atom. The second kappa shape index (κ2) is 16.9. The zero-order valence-corrected chi connectivity index (χ0v) is 34.1. The van der Waals surface area contributed by atoms with E-state index in [4.69, 9.17) is 33.2 Å². The van der Waals surface area contributed by atoms with Crippen molar-refractivity contribution in [1.29, 1.82) is 0 Å². The van der Waals surface area contributed by atoms with E-state index < -0.39 is 102 Å². The molecular weight excluding hydrogens is 844 g/mol. The Hall–Kier alpha value is -7.03. The average molecular weight is 889 g/mol. The molecule has 1 fully saturated rings. The summed E-state index contributed by atoms with van der Waals surface area (Å²) >= 11 is 0. The third-order valence-electron chi connectivity index (χ3n) is 11.6. The molecule has 64 heavy (non-hydrogen) atoms. The molecule has 0 aliphatic carbocycles. The number of ether oxygens (including phenoxy) is 7. The van der Waals surface area contributed by atoms with Crippen LogP contribution in [0.25, 0.3) is 0 Å². The average Bonchev–Trinajstić information content (AvgIpc) is 3.26. The highest BCUT2D eigenvalue weighted by molar-refractivity contribution is 5.91. The molecule has 3 aliphatic heterocycles. The van der Waals surface area contributed by atoms with E-state index in [0.29, 0.717) is 5.56 Å². The molecule has 5 aromatic rings. The van der Waals surface area contributed by atoms with E-state index >= 15 is 0 Å². The number of rotatable bonds is 9. The monoisotopic (exact) mass is 888 g/mol. The molecule has 0 aromatic heterocycles. The number of phenolic OH excluding ortho intramolecular Hbond substituents is 8. The van der Waals surface area contributed by atoms with Crippen molar-refractivity contribution in [2.45, 2.75) is 74.4 Å². The topological polar surface area (TPSA) is 304 Å². The maximum atomic E-state index is 13.9. The Balaban J connectivity index is 1.32. The number of hydrogen-bond acceptors (Lipinski definition) is 19. The molecule has 0 amide bonds. The molecule has 5 aromatic carbocycles. The Labute approximate surface area is 363 Å². The van der Waals surface area contributed by atoms with Gasteiger partial charge < -0.3 is 89.3 Å². The summed E-state index contributed by atoms with van der Waals surface area (Å²) in [6.45, 7) is 1.43. The van der Waals surface area contributed by atoms with E-state index in [1.165, 1.54) is 69.7 Å². The lowest BCUT2D eigenvalue weighted by molar-refractivity contribution is -0.312. The number of carbonyl (C=O) groups is 1. The molecule has 3 heterocycles. The SMILES string of the molecule is COc1cc(C(=O)O[C@@H]2Cc3c(O)cc(O)c([C@@H]4c5c(O)cc(O)cc5O[C@H](c5ccc(O)cc5)[C@H]4O[C@@H]4O[C@@H](C)[C@H](O)[C@@H](O)[C@H]4O)c3O[C@@H]2c2ccc(O)c(O)c2)cc(OC)c1O. The van der Waals surface area contributed by atoms with Crippen molar-refractivity contribution in [2.24, 2.45) is 0 Å². The van der Waals surface area contributed by atoms with Gasteiger partial charge in [-0.3, -0.25) is 0 Å². The number of phenols is 8. The molecule has 19 heteroatoms. The van der Waals surface area contributed by atoms with Crippen LogP contribution in [-0.4, -0.2) is 119 Å². The second-order valence-electron chi connectivity index (χ2n) is 15.6. The molecular formula is C45H44O19. The zero-order chi connectivity index (χ0) is 45.9. The van der Waals surface area contributed by atoms with Crippen LogP contribution in [0, 0.1) is 0 Å². The quantitative estimate of drug-likeness (QED) is 0.0742. The highest BCUT2D eigenvalue weighted by Crippen LogP contribution is 2.58. The van der Waals surface area contributed by atoms with Crippen molar-refractivity contribution in [3.05, 3.63) is 106 Å². The van der Waals surface area contributed by atoms with Crippen LogP contribution < -0.4 is 18.9 Å². The fourth-order valence-electron chi connectivity index (χ4n) is 8.37. The number of hydrogen-bond donors (Lipinski definition) is 11. The minimum Gasteiger partial charge on any atom is -0.508 e. The summed E-state index contributed by atoms with van der Waals surface area (Å²) in [5.41, 5.74) is -0.0121. The van der Waals surface area contributed by atoms with Crippen molar-refractivity contribution >= 4 is 5.97 Å². The van der Waals surface area contributed by atoms with Gasteiger partial charge >= 0.3 is 5.97 Å². The van der Waals surface area contributed by atoms with Crippen LogP contribution in [0.3, 0.4) is 0 Å². The fourth-order valence-corrected chi connectivity index (χ4v) is 8.37. The Morgan fingerprint density at radius 1 is 0.641 bits per heavy atom. The van der Waals surface area contributed by atoms with Gasteiger partial charge in [-0.1, -0.05) is 18.2 Å². The molecule has 0 radical (unpaired) electrons. The lowest BCUT2D eigenvalue weighted by Gasteiger charge is -2.46. The molecule has 11 N–H and O–H groups in total. The van der Waals surface area contributed by atoms with Gasteiger partial charge in [-0.05, 0) is 48.9 Å². The van der Waals surface area contributed by atoms with Crippen molar-refractivity contribution in [3.8, 4) is 69.0 Å². The van der Waals surface area contributed by atoms with Gasteiger partial charge in [0.05, 0.1) is 31.8 Å². The number of benzene rings is 5. The first kappa shape index (κ1) is 43.6. The number of fused-ring (bicyclic) bond motifs is 2. The number of aliphatic hydroxyl groups is 3. The minimum absolute atomic E-state index is 0.0434. The maximum absolute atomic E-state index is 13.9. The summed E-state index contributed by atoms with van der Waals surface area (Å²) in [6.07, 6.45) is -13.8. The Morgan fingerprint density at radius 2 is 1.30 bits per heavy atom. The van der Waals surface area contributed by atoms with Crippen LogP contribution in [0.4, 0.5) is 0 Å². The van der Waals surface area contributed by atoms with Crippen LogP contribution in [-0.2, 0) is 20.6 Å². The summed E-state index contributed by atoms with van der Waals surface area (Å²) in [7, 11) is 2.53. The molecule has 338 valence electrons. The summed E-state index contributed by atoms with van der Waals surface area (Å²) in [6, 6.07) is 14.9. The van der Waals surface area contributed by atoms with E-state index in [0.717, 1.165) is 24.3 Å². The van der Waals surface area contributed by atoms with Crippen LogP contribution in [0.15, 0.2) is 72.8 Å². The predicted octanol–water partition coefficient (Wildman–Crippen LogP) is 3.73. The summed E-state index contributed by atoms with van der Waals surface area (Å²) < 4.78 is 41.9. The molecule has 0 unspecified atom stereocenters. The number of aliphatic hydroxyl groups excluding tert-OH is 3. The van der Waals surface area contributed by atoms with Crippen LogP contribution in [0.5, 0.6) is 69.0 Å². The van der Waals surface area contributed by atoms with Crippen molar-refractivity contribution in [2.75, 3.05) is 14.2 Å². The number of aromatic hydroxyl groups is 8. The van der Waals surface area contributed by atoms with Crippen LogP contribution in [0.1, 0.15) is 63.2 Å². The number of methoxy groups -OCH3 is 2. The third kappa shape index (κ3) is 7.72. The van der Waals surface area contributed by atoms with E-state index in [1.54, 1.807) is 0 Å². The molecule has 0 saturated carbocycles. The molecule has 10 atom stereocenters. The van der Waals surface area contributed by atoms with Crippen molar-refractivity contribution < 1.29 is 94.1 Å². The lowest BCUT2D eigenvalue weighted by Crippen LogP contribution is -2.58. The first-order valence-corrected chi connectivity index (χ1v) is 19.8. The van der Waals surface area contributed by atoms with E-state index in [2.05, 4.69) is 0 Å². The molecule has 1 saturated heterocycles. The molecule has 3 aliphatic rings. The molecule has 8 rings (SSSR count). The maximum Gasteiger partial charge on any atom is 0.338 e. The number of esters is 1. The third-order valence-corrected chi connectivity index (χ3v) is 11.6. The van der Waals surface area contributed by atoms with E-state index in [1.807, 2.05) is 0 Å². The Bertz CT molecular complexity index is 2550. The van der Waals surface area contributed by atoms with E-state index in [9.17, 15) is 61.0 Å². The van der Waals surface area contributed by atoms with Gasteiger partial charge in [0, 0.05) is 46.9 Å². The van der Waals surface area contributed by atoms with Gasteiger partial charge in [-0.2, -0.15) is 0 Å². The fraction of sp³-hybridized carbons (Fsp3) is 0.311. The Kier molecular flexibility index (Phi) is 11.5. The van der Waals surface area contributed by atoms with Gasteiger partial charge in [0.2, 0.25) is 5.75 Å². The van der Waals surface area contributed by atoms with Crippen molar-refractivity contribution in [1.82, 2.24) is 0 Å². The minimum atomic E-state index is -1.86. The predicted molar refractivity (Wildman–Crippen MR) is 217 cm³/mol. The van der Waals surface area contributed by atoms with E-state index in [-0.39, 0.29) is 68.7 Å². The van der Waals surface area contributed by atoms with Gasteiger partial charge in [0.25, 0.3) is 0 Å². The highest BCUT2D eigenvalue weighted by atomic mass is 16.7. The van der Waals surface area contributed by atoms with Crippen LogP contribution in [0.2, 0.25) is 0 Å². The number of carbonyl (C=O) groups excluding carboxylic acids is 1. The molecule has 19 nitrogen and oxygen atoms in total. The molecule has 0 spiro atoms. The van der Waals surface area contributed by atoms with Gasteiger partial charge in [0.15, 0.2) is 41.5 Å². The second-order valence-corrected chi connectivity index (χ2v) is 15.6. The largest absolute Gasteiger partial charge is 0.508 e. The van der Waals surface area contributed by atoms with Gasteiger partial charge in [-0.25, -0.2) is 4.79 Å². The molecule has 0 bridgehead atoms. The highest BCUT2D eigenvalue weighted by Gasteiger charge is 2.51. The lowest BCUT2D eigenvalue weighted by atomic mass is 9.77. The first-order valence-electron chi connectivity index (χ1n) is 19.8.